The van der Waals surface area contributed by atoms with Gasteiger partial charge in [0.15, 0.2) is 4.34 Å². The quantitative estimate of drug-likeness (QED) is 0.561. The molecule has 1 aromatic heterocycles. The van der Waals surface area contributed by atoms with E-state index in [0.29, 0.717) is 6.54 Å². The van der Waals surface area contributed by atoms with Crippen LogP contribution < -0.4 is 5.73 Å². The van der Waals surface area contributed by atoms with Crippen LogP contribution >= 0.6 is 23.3 Å². The molecule has 0 amide bonds. The van der Waals surface area contributed by atoms with Crippen molar-refractivity contribution in [3.63, 3.8) is 0 Å². The average Bonchev–Trinajstić information content (AvgIpc) is 2.76. The van der Waals surface area contributed by atoms with E-state index in [1.807, 2.05) is 0 Å². The van der Waals surface area contributed by atoms with Gasteiger partial charge in [0.05, 0.1) is 5.60 Å². The minimum Gasteiger partial charge on any atom is -0.389 e. The first-order valence-electron chi connectivity index (χ1n) is 5.95. The molecule has 3 N–H and O–H groups in total. The van der Waals surface area contributed by atoms with Gasteiger partial charge in [0.1, 0.15) is 5.82 Å². The number of unbranched alkanes of at least 4 members (excludes halogenated alkanes) is 1. The van der Waals surface area contributed by atoms with Crippen molar-refractivity contribution < 1.29 is 5.11 Å². The highest BCUT2D eigenvalue weighted by Crippen LogP contribution is 2.22. The van der Waals surface area contributed by atoms with Crippen LogP contribution in [0.4, 0.5) is 0 Å². The van der Waals surface area contributed by atoms with Crippen molar-refractivity contribution in [2.75, 3.05) is 12.3 Å². The van der Waals surface area contributed by atoms with Gasteiger partial charge in [0.2, 0.25) is 0 Å². The van der Waals surface area contributed by atoms with Gasteiger partial charge in [-0.15, -0.1) is 0 Å². The standard InChI is InChI=1S/C11H21N3OS2/c1-3-9-13-10(17-14-9)16-7-5-4-6-11(2,15)8-12/h15H,3-8,12H2,1-2H3. The molecule has 1 atom stereocenters. The van der Waals surface area contributed by atoms with E-state index in [9.17, 15) is 5.11 Å². The molecule has 1 unspecified atom stereocenters. The maximum absolute atomic E-state index is 9.72. The summed E-state index contributed by atoms with van der Waals surface area (Å²) in [4.78, 5) is 4.39. The summed E-state index contributed by atoms with van der Waals surface area (Å²) in [7, 11) is 0. The number of hydrogen-bond donors (Lipinski definition) is 2. The Balaban J connectivity index is 2.12. The second kappa shape index (κ2) is 7.31. The minimum atomic E-state index is -0.706. The van der Waals surface area contributed by atoms with Crippen molar-refractivity contribution in [3.8, 4) is 0 Å². The fourth-order valence-electron chi connectivity index (χ4n) is 1.31. The van der Waals surface area contributed by atoms with Crippen molar-refractivity contribution in [1.29, 1.82) is 0 Å². The van der Waals surface area contributed by atoms with Crippen LogP contribution in [0.1, 0.15) is 38.9 Å². The molecular weight excluding hydrogens is 254 g/mol. The predicted molar refractivity (Wildman–Crippen MR) is 73.5 cm³/mol. The van der Waals surface area contributed by atoms with Gasteiger partial charge in [0, 0.05) is 18.7 Å². The van der Waals surface area contributed by atoms with E-state index < -0.39 is 5.60 Å². The highest BCUT2D eigenvalue weighted by Gasteiger charge is 2.16. The highest BCUT2D eigenvalue weighted by molar-refractivity contribution is 8.00. The lowest BCUT2D eigenvalue weighted by atomic mass is 10.00. The van der Waals surface area contributed by atoms with Crippen LogP contribution in [0.3, 0.4) is 0 Å². The molecule has 0 radical (unpaired) electrons. The Morgan fingerprint density at radius 1 is 1.47 bits per heavy atom. The second-order valence-corrected chi connectivity index (χ2v) is 6.43. The molecule has 1 heterocycles. The number of aryl methyl sites for hydroxylation is 1. The summed E-state index contributed by atoms with van der Waals surface area (Å²) in [5.74, 6) is 1.96. The van der Waals surface area contributed by atoms with Crippen molar-refractivity contribution in [2.45, 2.75) is 49.5 Å². The van der Waals surface area contributed by atoms with E-state index in [1.165, 1.54) is 11.5 Å². The molecule has 0 aromatic carbocycles. The fraction of sp³-hybridized carbons (Fsp3) is 0.818. The molecule has 0 aliphatic rings. The topological polar surface area (TPSA) is 72.0 Å². The minimum absolute atomic E-state index is 0.330. The molecular formula is C11H21N3OS2. The van der Waals surface area contributed by atoms with Crippen LogP contribution in [0.2, 0.25) is 0 Å². The molecule has 1 rings (SSSR count). The second-order valence-electron chi connectivity index (χ2n) is 4.34. The van der Waals surface area contributed by atoms with Crippen LogP contribution in [0.25, 0.3) is 0 Å². The molecule has 4 nitrogen and oxygen atoms in total. The molecule has 1 aromatic rings. The monoisotopic (exact) mass is 275 g/mol. The first-order chi connectivity index (χ1) is 8.07. The van der Waals surface area contributed by atoms with Gasteiger partial charge in [-0.25, -0.2) is 4.98 Å². The van der Waals surface area contributed by atoms with E-state index in [2.05, 4.69) is 16.3 Å². The third-order valence-electron chi connectivity index (χ3n) is 2.54. The lowest BCUT2D eigenvalue weighted by molar-refractivity contribution is 0.0577. The molecule has 0 aliphatic carbocycles. The summed E-state index contributed by atoms with van der Waals surface area (Å²) in [6.07, 6.45) is 3.73. The molecule has 0 spiro atoms. The zero-order valence-corrected chi connectivity index (χ0v) is 12.1. The Hall–Kier alpha value is -0.170. The predicted octanol–water partition coefficient (Wildman–Crippen LogP) is 2.07. The molecule has 0 saturated heterocycles. The van der Waals surface area contributed by atoms with Crippen LogP contribution in [-0.2, 0) is 6.42 Å². The first-order valence-corrected chi connectivity index (χ1v) is 7.71. The molecule has 98 valence electrons. The van der Waals surface area contributed by atoms with Crippen molar-refractivity contribution >= 4 is 23.3 Å². The molecule has 0 fully saturated rings. The van der Waals surface area contributed by atoms with E-state index in [-0.39, 0.29) is 0 Å². The summed E-state index contributed by atoms with van der Waals surface area (Å²) in [5, 5.41) is 9.72. The van der Waals surface area contributed by atoms with Gasteiger partial charge >= 0.3 is 0 Å². The van der Waals surface area contributed by atoms with Crippen molar-refractivity contribution in [1.82, 2.24) is 9.36 Å². The maximum Gasteiger partial charge on any atom is 0.170 e. The number of thioether (sulfide) groups is 1. The van der Waals surface area contributed by atoms with Gasteiger partial charge in [-0.1, -0.05) is 18.7 Å². The van der Waals surface area contributed by atoms with Gasteiger partial charge < -0.3 is 10.8 Å². The zero-order chi connectivity index (χ0) is 12.7. The average molecular weight is 275 g/mol. The van der Waals surface area contributed by atoms with Crippen LogP contribution in [0.5, 0.6) is 0 Å². The van der Waals surface area contributed by atoms with Crippen LogP contribution in [0.15, 0.2) is 4.34 Å². The number of nitrogens with zero attached hydrogens (tertiary/aromatic N) is 2. The zero-order valence-electron chi connectivity index (χ0n) is 10.5. The summed E-state index contributed by atoms with van der Waals surface area (Å²) in [6.45, 7) is 4.18. The molecule has 6 heteroatoms. The van der Waals surface area contributed by atoms with E-state index in [0.717, 1.165) is 41.6 Å². The normalized spacial score (nSPS) is 14.8. The number of aromatic nitrogens is 2. The molecule has 0 aliphatic heterocycles. The third-order valence-corrected chi connectivity index (χ3v) is 4.50. The number of rotatable bonds is 8. The SMILES string of the molecule is CCc1nsc(SCCCCC(C)(O)CN)n1. The summed E-state index contributed by atoms with van der Waals surface area (Å²) in [5.41, 5.74) is 4.75. The molecule has 0 saturated carbocycles. The number of hydrogen-bond acceptors (Lipinski definition) is 6. The van der Waals surface area contributed by atoms with E-state index in [4.69, 9.17) is 5.73 Å². The molecule has 0 bridgehead atoms. The lowest BCUT2D eigenvalue weighted by Crippen LogP contribution is -2.33. The summed E-state index contributed by atoms with van der Waals surface area (Å²) < 4.78 is 5.29. The Morgan fingerprint density at radius 2 is 2.24 bits per heavy atom. The van der Waals surface area contributed by atoms with Gasteiger partial charge in [0.25, 0.3) is 0 Å². The van der Waals surface area contributed by atoms with E-state index >= 15 is 0 Å². The summed E-state index contributed by atoms with van der Waals surface area (Å²) in [6, 6.07) is 0. The maximum atomic E-state index is 9.72. The lowest BCUT2D eigenvalue weighted by Gasteiger charge is -2.20. The Kier molecular flexibility index (Phi) is 6.40. The summed E-state index contributed by atoms with van der Waals surface area (Å²) >= 11 is 3.22. The smallest absolute Gasteiger partial charge is 0.170 e. The molecule has 17 heavy (non-hydrogen) atoms. The van der Waals surface area contributed by atoms with Crippen molar-refractivity contribution in [3.05, 3.63) is 5.82 Å². The van der Waals surface area contributed by atoms with E-state index in [1.54, 1.807) is 18.7 Å². The van der Waals surface area contributed by atoms with Gasteiger partial charge in [-0.2, -0.15) is 4.37 Å². The third kappa shape index (κ3) is 5.81. The Morgan fingerprint density at radius 3 is 2.82 bits per heavy atom. The first kappa shape index (κ1) is 14.9. The number of aliphatic hydroxyl groups is 1. The Bertz CT molecular complexity index is 328. The van der Waals surface area contributed by atoms with Crippen molar-refractivity contribution in [2.24, 2.45) is 5.73 Å². The van der Waals surface area contributed by atoms with Crippen LogP contribution in [0, 0.1) is 0 Å². The number of nitrogens with two attached hydrogens (primary N) is 1. The fourth-order valence-corrected chi connectivity index (χ4v) is 3.07. The van der Waals surface area contributed by atoms with Gasteiger partial charge in [-0.05, 0) is 37.7 Å². The Labute approximate surface area is 111 Å². The van der Waals surface area contributed by atoms with Gasteiger partial charge in [-0.3, -0.25) is 0 Å². The highest BCUT2D eigenvalue weighted by atomic mass is 32.2. The largest absolute Gasteiger partial charge is 0.389 e. The van der Waals surface area contributed by atoms with Crippen LogP contribution in [-0.4, -0.2) is 32.4 Å².